The molecule has 0 unspecified atom stereocenters. The number of nitrogens with zero attached hydrogens (tertiary/aromatic N) is 2. The van der Waals surface area contributed by atoms with Crippen molar-refractivity contribution in [1.82, 2.24) is 9.88 Å². The Balaban J connectivity index is 1.93. The van der Waals surface area contributed by atoms with Gasteiger partial charge in [-0.1, -0.05) is 25.1 Å². The Bertz CT molecular complexity index is 941. The molecule has 1 aromatic heterocycles. The van der Waals surface area contributed by atoms with Crippen LogP contribution in [0.3, 0.4) is 0 Å². The van der Waals surface area contributed by atoms with Crippen LogP contribution in [0.15, 0.2) is 42.6 Å². The van der Waals surface area contributed by atoms with Gasteiger partial charge in [0.2, 0.25) is 0 Å². The third-order valence-corrected chi connectivity index (χ3v) is 6.09. The number of carbonyl (C=O) groups is 1. The lowest BCUT2D eigenvalue weighted by atomic mass is 9.83. The van der Waals surface area contributed by atoms with E-state index in [-0.39, 0.29) is 24.4 Å². The molecule has 4 nitrogen and oxygen atoms in total. The third kappa shape index (κ3) is 6.04. The number of likely N-dealkylation sites (tertiary alicyclic amines) is 1. The van der Waals surface area contributed by atoms with E-state index in [1.807, 2.05) is 11.8 Å². The van der Waals surface area contributed by atoms with Gasteiger partial charge in [0.15, 0.2) is 0 Å². The first-order valence-electron chi connectivity index (χ1n) is 10.6. The Morgan fingerprint density at radius 2 is 1.76 bits per heavy atom. The lowest BCUT2D eigenvalue weighted by Gasteiger charge is -2.44. The van der Waals surface area contributed by atoms with Crippen LogP contribution in [0.5, 0.6) is 0 Å². The van der Waals surface area contributed by atoms with Gasteiger partial charge in [-0.2, -0.15) is 26.3 Å². The first-order chi connectivity index (χ1) is 15.4. The Morgan fingerprint density at radius 1 is 1.09 bits per heavy atom. The number of hydrogen-bond donors (Lipinski definition) is 1. The lowest BCUT2D eigenvalue weighted by Crippen LogP contribution is -2.40. The van der Waals surface area contributed by atoms with Crippen molar-refractivity contribution in [1.29, 1.82) is 0 Å². The standard InChI is InChI=1S/C23H24F6N2O2/c1-2-18(16-5-8-20(30-13-16)23(27,28)29)31-10-9-14(12-21(32)33)11-19(31)15-3-6-17(7-4-15)22(24,25)26/h3-8,13-14,18-19H,2,9-12H2,1H3,(H,32,33)/t14-,18-,19+/m1/s1. The highest BCUT2D eigenvalue weighted by Crippen LogP contribution is 2.42. The van der Waals surface area contributed by atoms with Gasteiger partial charge in [0.1, 0.15) is 5.69 Å². The summed E-state index contributed by atoms with van der Waals surface area (Å²) in [6, 6.07) is 6.36. The second-order valence-corrected chi connectivity index (χ2v) is 8.26. The van der Waals surface area contributed by atoms with Gasteiger partial charge < -0.3 is 5.11 Å². The predicted octanol–water partition coefficient (Wildman–Crippen LogP) is 6.50. The molecule has 3 rings (SSSR count). The smallest absolute Gasteiger partial charge is 0.433 e. The van der Waals surface area contributed by atoms with Crippen molar-refractivity contribution >= 4 is 5.97 Å². The minimum Gasteiger partial charge on any atom is -0.481 e. The van der Waals surface area contributed by atoms with Gasteiger partial charge >= 0.3 is 18.3 Å². The van der Waals surface area contributed by atoms with Crippen LogP contribution in [-0.2, 0) is 17.1 Å². The average Bonchev–Trinajstić information content (AvgIpc) is 2.74. The lowest BCUT2D eigenvalue weighted by molar-refractivity contribution is -0.141. The molecule has 0 amide bonds. The molecule has 0 radical (unpaired) electrons. The van der Waals surface area contributed by atoms with E-state index in [9.17, 15) is 36.2 Å². The molecular weight excluding hydrogens is 450 g/mol. The monoisotopic (exact) mass is 474 g/mol. The number of rotatable bonds is 6. The minimum atomic E-state index is -4.56. The van der Waals surface area contributed by atoms with Gasteiger partial charge in [-0.3, -0.25) is 14.7 Å². The van der Waals surface area contributed by atoms with Crippen LogP contribution in [-0.4, -0.2) is 27.5 Å². The van der Waals surface area contributed by atoms with Gasteiger partial charge in [0.05, 0.1) is 5.56 Å². The second kappa shape index (κ2) is 9.70. The normalized spacial score (nSPS) is 21.1. The highest BCUT2D eigenvalue weighted by atomic mass is 19.4. The van der Waals surface area contributed by atoms with Crippen LogP contribution in [0.2, 0.25) is 0 Å². The number of carboxylic acids is 1. The molecule has 1 N–H and O–H groups in total. The molecule has 1 fully saturated rings. The summed E-state index contributed by atoms with van der Waals surface area (Å²) in [6.07, 6.45) is -6.38. The van der Waals surface area contributed by atoms with Crippen molar-refractivity contribution in [2.45, 2.75) is 57.0 Å². The molecule has 0 aliphatic carbocycles. The zero-order valence-electron chi connectivity index (χ0n) is 17.8. The van der Waals surface area contributed by atoms with Crippen LogP contribution in [0.1, 0.15) is 67.1 Å². The van der Waals surface area contributed by atoms with E-state index >= 15 is 0 Å². The molecule has 0 bridgehead atoms. The first kappa shape index (κ1) is 25.0. The molecule has 10 heteroatoms. The number of piperidine rings is 1. The SMILES string of the molecule is CC[C@H](c1ccc(C(F)(F)F)nc1)N1CC[C@@H](CC(=O)O)C[C@H]1c1ccc(C(F)(F)F)cc1. The quantitative estimate of drug-likeness (QED) is 0.486. The summed E-state index contributed by atoms with van der Waals surface area (Å²) in [5.41, 5.74) is -0.606. The fourth-order valence-electron chi connectivity index (χ4n) is 4.52. The molecule has 3 atom stereocenters. The Morgan fingerprint density at radius 3 is 2.24 bits per heavy atom. The topological polar surface area (TPSA) is 53.4 Å². The van der Waals surface area contributed by atoms with Crippen molar-refractivity contribution in [2.75, 3.05) is 6.54 Å². The number of halogens is 6. The third-order valence-electron chi connectivity index (χ3n) is 6.09. The summed E-state index contributed by atoms with van der Waals surface area (Å²) in [6.45, 7) is 2.33. The van der Waals surface area contributed by atoms with E-state index in [0.29, 0.717) is 36.9 Å². The zero-order chi connectivity index (χ0) is 24.4. The molecule has 2 heterocycles. The fraction of sp³-hybridized carbons (Fsp3) is 0.478. The van der Waals surface area contributed by atoms with E-state index in [2.05, 4.69) is 4.98 Å². The Kier molecular flexibility index (Phi) is 7.36. The molecule has 33 heavy (non-hydrogen) atoms. The zero-order valence-corrected chi connectivity index (χ0v) is 17.8. The van der Waals surface area contributed by atoms with Crippen molar-refractivity contribution in [3.05, 3.63) is 65.0 Å². The van der Waals surface area contributed by atoms with Gasteiger partial charge in [-0.05, 0) is 61.1 Å². The first-order valence-corrected chi connectivity index (χ1v) is 10.6. The van der Waals surface area contributed by atoms with Crippen molar-refractivity contribution in [2.24, 2.45) is 5.92 Å². The molecule has 1 aliphatic rings. The number of pyridine rings is 1. The highest BCUT2D eigenvalue weighted by Gasteiger charge is 2.37. The van der Waals surface area contributed by atoms with Gasteiger partial charge in [0, 0.05) is 24.7 Å². The molecule has 0 spiro atoms. The van der Waals surface area contributed by atoms with Crippen LogP contribution in [0.4, 0.5) is 26.3 Å². The van der Waals surface area contributed by atoms with Crippen molar-refractivity contribution in [3.63, 3.8) is 0 Å². The fourth-order valence-corrected chi connectivity index (χ4v) is 4.52. The van der Waals surface area contributed by atoms with Gasteiger partial charge in [-0.25, -0.2) is 0 Å². The summed E-state index contributed by atoms with van der Waals surface area (Å²) in [5.74, 6) is -1.10. The average molecular weight is 474 g/mol. The maximum Gasteiger partial charge on any atom is 0.433 e. The summed E-state index contributed by atoms with van der Waals surface area (Å²) < 4.78 is 77.7. The van der Waals surface area contributed by atoms with Crippen LogP contribution >= 0.6 is 0 Å². The number of alkyl halides is 6. The Hall–Kier alpha value is -2.62. The van der Waals surface area contributed by atoms with E-state index in [1.54, 1.807) is 0 Å². The molecule has 1 aromatic carbocycles. The molecule has 180 valence electrons. The molecule has 0 saturated carbocycles. The minimum absolute atomic E-state index is 0.0520. The largest absolute Gasteiger partial charge is 0.481 e. The molecule has 1 saturated heterocycles. The summed E-state index contributed by atoms with van der Waals surface area (Å²) >= 11 is 0. The van der Waals surface area contributed by atoms with Gasteiger partial charge in [-0.15, -0.1) is 0 Å². The second-order valence-electron chi connectivity index (χ2n) is 8.26. The summed E-state index contributed by atoms with van der Waals surface area (Å²) in [5, 5.41) is 9.20. The van der Waals surface area contributed by atoms with E-state index in [1.165, 1.54) is 24.4 Å². The summed E-state index contributed by atoms with van der Waals surface area (Å²) in [4.78, 5) is 16.8. The van der Waals surface area contributed by atoms with Gasteiger partial charge in [0.25, 0.3) is 0 Å². The molecular formula is C23H24F6N2O2. The summed E-state index contributed by atoms with van der Waals surface area (Å²) in [7, 11) is 0. The highest BCUT2D eigenvalue weighted by molar-refractivity contribution is 5.67. The van der Waals surface area contributed by atoms with E-state index in [4.69, 9.17) is 0 Å². The molecule has 1 aliphatic heterocycles. The maximum absolute atomic E-state index is 13.0. The number of aliphatic carboxylic acids is 1. The van der Waals surface area contributed by atoms with Crippen molar-refractivity contribution < 1.29 is 36.2 Å². The van der Waals surface area contributed by atoms with Crippen LogP contribution in [0.25, 0.3) is 0 Å². The molecule has 2 aromatic rings. The van der Waals surface area contributed by atoms with E-state index in [0.717, 1.165) is 18.2 Å². The van der Waals surface area contributed by atoms with E-state index < -0.39 is 29.6 Å². The predicted molar refractivity (Wildman–Crippen MR) is 108 cm³/mol. The van der Waals surface area contributed by atoms with Crippen molar-refractivity contribution in [3.8, 4) is 0 Å². The van der Waals surface area contributed by atoms with Crippen LogP contribution in [0, 0.1) is 5.92 Å². The Labute approximate surface area is 187 Å². The number of aromatic nitrogens is 1. The number of carboxylic acid groups (broad SMARTS) is 1. The number of hydrogen-bond acceptors (Lipinski definition) is 3. The number of benzene rings is 1. The maximum atomic E-state index is 13.0. The van der Waals surface area contributed by atoms with Crippen LogP contribution < -0.4 is 0 Å².